The van der Waals surface area contributed by atoms with Crippen LogP contribution >= 0.6 is 0 Å². The maximum Gasteiger partial charge on any atom is 0.269 e. The molecule has 120 valence electrons. The van der Waals surface area contributed by atoms with Crippen LogP contribution in [0.5, 0.6) is 11.5 Å². The van der Waals surface area contributed by atoms with Gasteiger partial charge < -0.3 is 9.47 Å². The van der Waals surface area contributed by atoms with Gasteiger partial charge in [0.25, 0.3) is 5.69 Å². The van der Waals surface area contributed by atoms with Gasteiger partial charge in [-0.25, -0.2) is 8.42 Å². The summed E-state index contributed by atoms with van der Waals surface area (Å²) < 4.78 is 34.6. The van der Waals surface area contributed by atoms with Crippen molar-refractivity contribution in [1.29, 1.82) is 0 Å². The molecule has 0 aromatic heterocycles. The molecule has 2 aromatic rings. The van der Waals surface area contributed by atoms with Gasteiger partial charge in [-0.2, -0.15) is 0 Å². The van der Waals surface area contributed by atoms with E-state index in [0.717, 1.165) is 0 Å². The van der Waals surface area contributed by atoms with Gasteiger partial charge in [0.2, 0.25) is 0 Å². The zero-order chi connectivity index (χ0) is 16.4. The normalized spacial score (nSPS) is 16.8. The molecule has 2 aromatic carbocycles. The number of non-ortho nitro benzene ring substituents is 1. The van der Waals surface area contributed by atoms with Gasteiger partial charge in [-0.05, 0) is 36.4 Å². The smallest absolute Gasteiger partial charge is 0.269 e. The van der Waals surface area contributed by atoms with E-state index in [1.54, 1.807) is 12.1 Å². The third kappa shape index (κ3) is 3.85. The van der Waals surface area contributed by atoms with Crippen molar-refractivity contribution in [2.24, 2.45) is 0 Å². The van der Waals surface area contributed by atoms with E-state index in [2.05, 4.69) is 0 Å². The van der Waals surface area contributed by atoms with Gasteiger partial charge in [-0.1, -0.05) is 0 Å². The fourth-order valence-electron chi connectivity index (χ4n) is 1.99. The zero-order valence-electron chi connectivity index (χ0n) is 11.9. The first kappa shape index (κ1) is 15.4. The standard InChI is InChI=1S/C15H13NO6S/c17-16(18)11-1-3-12(4-2-11)22-13-5-7-15(8-6-13)23(19,20)10-14-9-21-14/h1-8,14H,9-10H2. The summed E-state index contributed by atoms with van der Waals surface area (Å²) in [7, 11) is -3.36. The summed E-state index contributed by atoms with van der Waals surface area (Å²) in [4.78, 5) is 10.3. The van der Waals surface area contributed by atoms with E-state index in [1.165, 1.54) is 36.4 Å². The van der Waals surface area contributed by atoms with Crippen molar-refractivity contribution in [3.8, 4) is 11.5 Å². The molecule has 1 unspecified atom stereocenters. The zero-order valence-corrected chi connectivity index (χ0v) is 12.7. The van der Waals surface area contributed by atoms with Gasteiger partial charge in [0.05, 0.1) is 28.3 Å². The molecule has 1 aliphatic rings. The highest BCUT2D eigenvalue weighted by Gasteiger charge is 2.30. The molecule has 1 heterocycles. The molecule has 0 aliphatic carbocycles. The predicted molar refractivity (Wildman–Crippen MR) is 81.4 cm³/mol. The van der Waals surface area contributed by atoms with Crippen LogP contribution in [0.2, 0.25) is 0 Å². The van der Waals surface area contributed by atoms with Crippen LogP contribution in [0, 0.1) is 10.1 Å². The van der Waals surface area contributed by atoms with E-state index in [4.69, 9.17) is 9.47 Å². The maximum atomic E-state index is 12.1. The Kier molecular flexibility index (Phi) is 4.01. The summed E-state index contributed by atoms with van der Waals surface area (Å²) in [5.74, 6) is 0.855. The Bertz CT molecular complexity index is 810. The van der Waals surface area contributed by atoms with Gasteiger partial charge in [-0.3, -0.25) is 10.1 Å². The number of epoxide rings is 1. The van der Waals surface area contributed by atoms with Gasteiger partial charge in [0.15, 0.2) is 9.84 Å². The molecule has 0 radical (unpaired) electrons. The highest BCUT2D eigenvalue weighted by atomic mass is 32.2. The second-order valence-corrected chi connectivity index (χ2v) is 7.10. The fourth-order valence-corrected chi connectivity index (χ4v) is 3.42. The van der Waals surface area contributed by atoms with E-state index in [-0.39, 0.29) is 22.4 Å². The Labute approximate surface area is 132 Å². The largest absolute Gasteiger partial charge is 0.457 e. The van der Waals surface area contributed by atoms with Crippen molar-refractivity contribution in [3.63, 3.8) is 0 Å². The predicted octanol–water partition coefficient (Wildman–Crippen LogP) is 2.56. The molecule has 7 nitrogen and oxygen atoms in total. The molecule has 0 amide bonds. The van der Waals surface area contributed by atoms with E-state index < -0.39 is 14.8 Å². The van der Waals surface area contributed by atoms with Gasteiger partial charge in [0.1, 0.15) is 11.5 Å². The van der Waals surface area contributed by atoms with Crippen LogP contribution < -0.4 is 4.74 Å². The van der Waals surface area contributed by atoms with E-state index in [1.807, 2.05) is 0 Å². The summed E-state index contributed by atoms with van der Waals surface area (Å²) in [5.41, 5.74) is -0.0268. The van der Waals surface area contributed by atoms with Crippen LogP contribution in [0.25, 0.3) is 0 Å². The Morgan fingerprint density at radius 3 is 2.09 bits per heavy atom. The molecular formula is C15H13NO6S. The Hall–Kier alpha value is -2.45. The number of hydrogen-bond donors (Lipinski definition) is 0. The van der Waals surface area contributed by atoms with E-state index >= 15 is 0 Å². The van der Waals surface area contributed by atoms with Crippen LogP contribution in [0.4, 0.5) is 5.69 Å². The summed E-state index contributed by atoms with van der Waals surface area (Å²) in [5, 5.41) is 10.6. The van der Waals surface area contributed by atoms with Crippen molar-refractivity contribution >= 4 is 15.5 Å². The highest BCUT2D eigenvalue weighted by Crippen LogP contribution is 2.26. The summed E-state index contributed by atoms with van der Waals surface area (Å²) in [6, 6.07) is 11.7. The summed E-state index contributed by atoms with van der Waals surface area (Å²) in [6.07, 6.45) is -0.198. The quantitative estimate of drug-likeness (QED) is 0.457. The van der Waals surface area contributed by atoms with E-state index in [9.17, 15) is 18.5 Å². The first-order chi connectivity index (χ1) is 10.9. The van der Waals surface area contributed by atoms with Crippen molar-refractivity contribution in [2.45, 2.75) is 11.0 Å². The minimum absolute atomic E-state index is 0.0183. The average molecular weight is 335 g/mol. The number of benzene rings is 2. The number of nitro groups is 1. The number of nitrogens with zero attached hydrogens (tertiary/aromatic N) is 1. The number of nitro benzene ring substituents is 1. The Balaban J connectivity index is 1.70. The van der Waals surface area contributed by atoms with Crippen LogP contribution in [-0.4, -0.2) is 31.8 Å². The molecule has 1 atom stereocenters. The third-order valence-corrected chi connectivity index (χ3v) is 5.07. The molecule has 8 heteroatoms. The first-order valence-electron chi connectivity index (χ1n) is 6.81. The molecule has 0 bridgehead atoms. The minimum atomic E-state index is -3.36. The second-order valence-electron chi connectivity index (χ2n) is 5.06. The molecule has 0 N–H and O–H groups in total. The Morgan fingerprint density at radius 1 is 1.09 bits per heavy atom. The molecule has 1 saturated heterocycles. The topological polar surface area (TPSA) is 99.0 Å². The SMILES string of the molecule is O=[N+]([O-])c1ccc(Oc2ccc(S(=O)(=O)CC3CO3)cc2)cc1. The molecule has 23 heavy (non-hydrogen) atoms. The van der Waals surface area contributed by atoms with Crippen LogP contribution in [0.3, 0.4) is 0 Å². The first-order valence-corrected chi connectivity index (χ1v) is 8.46. The van der Waals surface area contributed by atoms with E-state index in [0.29, 0.717) is 18.1 Å². The maximum absolute atomic E-state index is 12.1. The molecular weight excluding hydrogens is 322 g/mol. The van der Waals surface area contributed by atoms with Crippen molar-refractivity contribution in [1.82, 2.24) is 0 Å². The van der Waals surface area contributed by atoms with Crippen LogP contribution in [0.15, 0.2) is 53.4 Å². The second kappa shape index (κ2) is 5.98. The highest BCUT2D eigenvalue weighted by molar-refractivity contribution is 7.91. The van der Waals surface area contributed by atoms with Gasteiger partial charge in [-0.15, -0.1) is 0 Å². The van der Waals surface area contributed by atoms with Gasteiger partial charge in [0, 0.05) is 12.1 Å². The van der Waals surface area contributed by atoms with Crippen molar-refractivity contribution < 1.29 is 22.8 Å². The summed E-state index contributed by atoms with van der Waals surface area (Å²) >= 11 is 0. The average Bonchev–Trinajstić information content (AvgIpc) is 3.31. The lowest BCUT2D eigenvalue weighted by Gasteiger charge is -2.07. The number of ether oxygens (including phenoxy) is 2. The lowest BCUT2D eigenvalue weighted by atomic mass is 10.3. The number of hydrogen-bond acceptors (Lipinski definition) is 6. The van der Waals surface area contributed by atoms with Gasteiger partial charge >= 0.3 is 0 Å². The van der Waals surface area contributed by atoms with Crippen molar-refractivity contribution in [2.75, 3.05) is 12.4 Å². The molecule has 0 spiro atoms. The molecule has 1 fully saturated rings. The molecule has 1 aliphatic heterocycles. The number of sulfone groups is 1. The fraction of sp³-hybridized carbons (Fsp3) is 0.200. The van der Waals surface area contributed by atoms with Crippen LogP contribution in [-0.2, 0) is 14.6 Å². The Morgan fingerprint density at radius 2 is 1.61 bits per heavy atom. The summed E-state index contributed by atoms with van der Waals surface area (Å²) in [6.45, 7) is 0.487. The monoisotopic (exact) mass is 335 g/mol. The minimum Gasteiger partial charge on any atom is -0.457 e. The lowest BCUT2D eigenvalue weighted by molar-refractivity contribution is -0.384. The number of rotatable bonds is 6. The van der Waals surface area contributed by atoms with Crippen LogP contribution in [0.1, 0.15) is 0 Å². The molecule has 0 saturated carbocycles. The third-order valence-electron chi connectivity index (χ3n) is 3.27. The van der Waals surface area contributed by atoms with Crippen molar-refractivity contribution in [3.05, 3.63) is 58.6 Å². The lowest BCUT2D eigenvalue weighted by Crippen LogP contribution is -2.11. The molecule has 3 rings (SSSR count).